The number of H-pyrrole nitrogens is 1. The van der Waals surface area contributed by atoms with Crippen LogP contribution in [0.1, 0.15) is 55.2 Å². The Bertz CT molecular complexity index is 1310. The molecule has 0 aliphatic heterocycles. The molecule has 0 bridgehead atoms. The first kappa shape index (κ1) is 29.1. The minimum Gasteiger partial charge on any atom is -0.404 e. The summed E-state index contributed by atoms with van der Waals surface area (Å²) in [6.45, 7) is 10.0. The van der Waals surface area contributed by atoms with E-state index in [-0.39, 0.29) is 17.5 Å². The van der Waals surface area contributed by atoms with Gasteiger partial charge in [0.2, 0.25) is 0 Å². The highest BCUT2D eigenvalue weighted by Gasteiger charge is 2.44. The Labute approximate surface area is 230 Å². The zero-order valence-corrected chi connectivity index (χ0v) is 24.8. The Morgan fingerprint density at radius 2 is 1.28 bits per heavy atom. The van der Waals surface area contributed by atoms with Crippen LogP contribution in [0.5, 0.6) is 0 Å². The molecule has 1 unspecified atom stereocenters. The zero-order chi connectivity index (χ0) is 28.3. The summed E-state index contributed by atoms with van der Waals surface area (Å²) >= 11 is 0. The molecular formula is C29H36N3O5PSi. The Hall–Kier alpha value is -2.91. The highest BCUT2D eigenvalue weighted by atomic mass is 31.2. The van der Waals surface area contributed by atoms with Gasteiger partial charge in [-0.15, -0.1) is 0 Å². The van der Waals surface area contributed by atoms with E-state index in [2.05, 4.69) is 80.5 Å². The fraction of sp³-hybridized carbons (Fsp3) is 0.310. The second-order valence-corrected chi connectivity index (χ2v) is 17.0. The molecule has 4 rings (SSSR count). The molecule has 0 amide bonds. The number of hydrogen-bond acceptors (Lipinski definition) is 5. The second kappa shape index (κ2) is 11.3. The summed E-state index contributed by atoms with van der Waals surface area (Å²) in [6, 6.07) is 30.2. The van der Waals surface area contributed by atoms with Crippen molar-refractivity contribution in [3.05, 3.63) is 119 Å². The first-order chi connectivity index (χ1) is 18.3. The molecule has 0 fully saturated rings. The zero-order valence-electron chi connectivity index (χ0n) is 22.9. The molecule has 206 valence electrons. The first-order valence-corrected chi connectivity index (χ1v) is 17.3. The minimum absolute atomic E-state index is 0.158. The minimum atomic E-state index is -4.75. The van der Waals surface area contributed by atoms with Gasteiger partial charge in [0.25, 0.3) is 0 Å². The van der Waals surface area contributed by atoms with Crippen molar-refractivity contribution in [3.63, 3.8) is 0 Å². The van der Waals surface area contributed by atoms with Crippen molar-refractivity contribution in [3.8, 4) is 0 Å². The molecular weight excluding hydrogens is 529 g/mol. The highest BCUT2D eigenvalue weighted by Crippen LogP contribution is 2.45. The van der Waals surface area contributed by atoms with E-state index < -0.39 is 27.7 Å². The summed E-state index contributed by atoms with van der Waals surface area (Å²) in [5.74, 6) is 0.830. The largest absolute Gasteiger partial charge is 0.469 e. The van der Waals surface area contributed by atoms with Gasteiger partial charge in [0.1, 0.15) is 17.3 Å². The molecule has 1 heterocycles. The first-order valence-electron chi connectivity index (χ1n) is 12.8. The fourth-order valence-corrected chi connectivity index (χ4v) is 5.99. The van der Waals surface area contributed by atoms with E-state index in [1.807, 2.05) is 54.6 Å². The van der Waals surface area contributed by atoms with Gasteiger partial charge in [-0.25, -0.2) is 9.55 Å². The quantitative estimate of drug-likeness (QED) is 0.116. The second-order valence-electron chi connectivity index (χ2n) is 11.0. The van der Waals surface area contributed by atoms with E-state index in [1.54, 1.807) is 0 Å². The maximum absolute atomic E-state index is 11.6. The van der Waals surface area contributed by atoms with Crippen molar-refractivity contribution < 1.29 is 23.3 Å². The van der Waals surface area contributed by atoms with Crippen molar-refractivity contribution in [1.29, 1.82) is 0 Å². The van der Waals surface area contributed by atoms with Crippen LogP contribution in [0.25, 0.3) is 0 Å². The molecule has 0 saturated carbocycles. The summed E-state index contributed by atoms with van der Waals surface area (Å²) in [7, 11) is -7.15. The topological polar surface area (TPSA) is 118 Å². The van der Waals surface area contributed by atoms with Crippen LogP contribution in [0, 0.1) is 0 Å². The van der Waals surface area contributed by atoms with Crippen LogP contribution in [-0.2, 0) is 18.9 Å². The van der Waals surface area contributed by atoms with Crippen LogP contribution in [-0.4, -0.2) is 39.9 Å². The molecule has 10 heteroatoms. The van der Waals surface area contributed by atoms with Gasteiger partial charge in [-0.3, -0.25) is 9.62 Å². The summed E-state index contributed by atoms with van der Waals surface area (Å²) in [5, 5.41) is 7.56. The Balaban J connectivity index is 1.91. The van der Waals surface area contributed by atoms with Crippen molar-refractivity contribution in [2.75, 3.05) is 6.61 Å². The van der Waals surface area contributed by atoms with Crippen molar-refractivity contribution in [1.82, 2.24) is 15.2 Å². The number of nitrogens with one attached hydrogen (secondary N) is 1. The third kappa shape index (κ3) is 6.30. The van der Waals surface area contributed by atoms with Crippen molar-refractivity contribution >= 4 is 16.1 Å². The predicted octanol–water partition coefficient (Wildman–Crippen LogP) is 6.36. The molecule has 0 aliphatic carbocycles. The maximum Gasteiger partial charge on any atom is 0.469 e. The molecule has 39 heavy (non-hydrogen) atoms. The Kier molecular flexibility index (Phi) is 8.42. The SMILES string of the molecule is CC(C)(C)[Si](C)(C)OC(COP(=O)(O)O)c1n[nH]c(C(c2ccccc2)(c2ccccc2)c2ccccc2)n1. The summed E-state index contributed by atoms with van der Waals surface area (Å²) in [6.07, 6.45) is -0.886. The van der Waals surface area contributed by atoms with Crippen LogP contribution >= 0.6 is 7.82 Å². The van der Waals surface area contributed by atoms with Crippen LogP contribution < -0.4 is 0 Å². The van der Waals surface area contributed by atoms with Gasteiger partial charge in [-0.1, -0.05) is 112 Å². The van der Waals surface area contributed by atoms with E-state index in [0.29, 0.717) is 5.82 Å². The lowest BCUT2D eigenvalue weighted by Crippen LogP contribution is -2.42. The Morgan fingerprint density at radius 1 is 0.846 bits per heavy atom. The number of benzene rings is 3. The van der Waals surface area contributed by atoms with Crippen molar-refractivity contribution in [2.24, 2.45) is 0 Å². The number of aromatic amines is 1. The molecule has 0 saturated heterocycles. The standard InChI is InChI=1S/C29H36N3O5PSi/c1-28(2,3)39(4,5)37-25(21-36-38(33,34)35)26-30-27(32-31-26)29(22-15-9-6-10-16-22,23-17-11-7-12-18-23)24-19-13-8-14-20-24/h6-20,25H,21H2,1-5H3,(H,30,31,32)(H2,33,34,35). The van der Waals surface area contributed by atoms with E-state index in [9.17, 15) is 14.4 Å². The van der Waals surface area contributed by atoms with Crippen LogP contribution in [0.2, 0.25) is 18.1 Å². The summed E-state index contributed by atoms with van der Waals surface area (Å²) in [4.78, 5) is 23.9. The molecule has 1 atom stereocenters. The molecule has 0 radical (unpaired) electrons. The number of aromatic nitrogens is 3. The van der Waals surface area contributed by atoms with Gasteiger partial charge in [-0.2, -0.15) is 5.10 Å². The van der Waals surface area contributed by atoms with Gasteiger partial charge in [0, 0.05) is 0 Å². The van der Waals surface area contributed by atoms with E-state index in [1.165, 1.54) is 0 Å². The van der Waals surface area contributed by atoms with E-state index >= 15 is 0 Å². The molecule has 8 nitrogen and oxygen atoms in total. The lowest BCUT2D eigenvalue weighted by Gasteiger charge is -2.38. The fourth-order valence-electron chi connectivity index (χ4n) is 4.42. The molecule has 3 N–H and O–H groups in total. The molecule has 4 aromatic rings. The molecule has 3 aromatic carbocycles. The van der Waals surface area contributed by atoms with Crippen LogP contribution in [0.3, 0.4) is 0 Å². The Morgan fingerprint density at radius 3 is 1.67 bits per heavy atom. The summed E-state index contributed by atoms with van der Waals surface area (Å²) in [5.41, 5.74) is 2.11. The van der Waals surface area contributed by atoms with E-state index in [0.717, 1.165) is 16.7 Å². The van der Waals surface area contributed by atoms with Gasteiger partial charge in [-0.05, 0) is 34.8 Å². The summed E-state index contributed by atoms with van der Waals surface area (Å²) < 4.78 is 23.1. The average Bonchev–Trinajstić information content (AvgIpc) is 3.38. The molecule has 0 spiro atoms. The van der Waals surface area contributed by atoms with E-state index in [4.69, 9.17) is 13.9 Å². The smallest absolute Gasteiger partial charge is 0.404 e. The lowest BCUT2D eigenvalue weighted by molar-refractivity contribution is 0.0865. The average molecular weight is 566 g/mol. The van der Waals surface area contributed by atoms with Gasteiger partial charge in [0.05, 0.1) is 6.61 Å². The number of hydrogen-bond donors (Lipinski definition) is 3. The highest BCUT2D eigenvalue weighted by molar-refractivity contribution is 7.46. The van der Waals surface area contributed by atoms with Gasteiger partial charge < -0.3 is 14.2 Å². The monoisotopic (exact) mass is 565 g/mol. The normalized spacial score (nSPS) is 13.8. The third-order valence-corrected chi connectivity index (χ3v) is 12.4. The number of nitrogens with zero attached hydrogens (tertiary/aromatic N) is 2. The van der Waals surface area contributed by atoms with Crippen molar-refractivity contribution in [2.45, 2.75) is 50.4 Å². The van der Waals surface area contributed by atoms with Gasteiger partial charge >= 0.3 is 7.82 Å². The van der Waals surface area contributed by atoms with Crippen LogP contribution in [0.4, 0.5) is 0 Å². The van der Waals surface area contributed by atoms with Crippen LogP contribution in [0.15, 0.2) is 91.0 Å². The predicted molar refractivity (Wildman–Crippen MR) is 154 cm³/mol. The lowest BCUT2D eigenvalue weighted by atomic mass is 9.69. The molecule has 0 aliphatic rings. The number of phosphoric ester groups is 1. The molecule has 1 aromatic heterocycles. The third-order valence-electron chi connectivity index (χ3n) is 7.40. The maximum atomic E-state index is 11.6. The van der Waals surface area contributed by atoms with Gasteiger partial charge in [0.15, 0.2) is 14.1 Å². The number of rotatable bonds is 10. The number of phosphoric acid groups is 1.